The minimum Gasteiger partial charge on any atom is -0.342 e. The van der Waals surface area contributed by atoms with Crippen molar-refractivity contribution in [1.29, 1.82) is 0 Å². The third-order valence-electron chi connectivity index (χ3n) is 5.97. The first-order valence-corrected chi connectivity index (χ1v) is 12.1. The van der Waals surface area contributed by atoms with Gasteiger partial charge in [0.1, 0.15) is 0 Å². The normalized spacial score (nSPS) is 19.3. The van der Waals surface area contributed by atoms with Crippen LogP contribution in [0.2, 0.25) is 0 Å². The number of hydrogen-bond donors (Lipinski definition) is 1. The molecule has 2 aliphatic rings. The molecular weight excluding hydrogens is 388 g/mol. The molecule has 2 fully saturated rings. The number of hydrogen-bond acceptors (Lipinski definition) is 4. The topological polar surface area (TPSA) is 83.6 Å². The minimum atomic E-state index is -3.35. The van der Waals surface area contributed by atoms with Gasteiger partial charge in [-0.25, -0.2) is 8.42 Å². The smallest absolute Gasteiger partial charge is 0.227 e. The van der Waals surface area contributed by atoms with E-state index < -0.39 is 15.3 Å². The summed E-state index contributed by atoms with van der Waals surface area (Å²) in [5, 5.41) is 2.57. The highest BCUT2D eigenvalue weighted by atomic mass is 32.2. The highest BCUT2D eigenvalue weighted by Gasteiger charge is 2.33. The fourth-order valence-corrected chi connectivity index (χ4v) is 6.10. The number of anilines is 1. The number of benzene rings is 1. The highest BCUT2D eigenvalue weighted by Crippen LogP contribution is 2.31. The lowest BCUT2D eigenvalue weighted by atomic mass is 9.90. The molecule has 160 valence electrons. The molecule has 1 aliphatic carbocycles. The van der Waals surface area contributed by atoms with Crippen LogP contribution in [0.25, 0.3) is 0 Å². The molecule has 0 bridgehead atoms. The Hall–Kier alpha value is -1.89. The van der Waals surface area contributed by atoms with Crippen LogP contribution in [-0.4, -0.2) is 43.5 Å². The molecule has 1 saturated heterocycles. The number of nitrogens with zero attached hydrogens (tertiary/aromatic N) is 1. The fraction of sp³-hybridized carbons (Fsp3) is 0.636. The van der Waals surface area contributed by atoms with Crippen molar-refractivity contribution < 1.29 is 18.0 Å². The number of sulfone groups is 1. The quantitative estimate of drug-likeness (QED) is 0.806. The molecular formula is C22H32N2O4S. The molecule has 1 aliphatic heterocycles. The fourth-order valence-electron chi connectivity index (χ4n) is 4.21. The van der Waals surface area contributed by atoms with E-state index in [0.717, 1.165) is 12.8 Å². The van der Waals surface area contributed by atoms with Crippen LogP contribution in [0.3, 0.4) is 0 Å². The second-order valence-corrected chi connectivity index (χ2v) is 11.5. The van der Waals surface area contributed by atoms with E-state index in [1.165, 1.54) is 0 Å². The molecule has 7 heteroatoms. The number of nitrogens with one attached hydrogen (secondary N) is 1. The van der Waals surface area contributed by atoms with Crippen LogP contribution >= 0.6 is 0 Å². The largest absolute Gasteiger partial charge is 0.342 e. The van der Waals surface area contributed by atoms with Gasteiger partial charge in [-0.2, -0.15) is 0 Å². The van der Waals surface area contributed by atoms with E-state index in [-0.39, 0.29) is 27.9 Å². The van der Waals surface area contributed by atoms with Crippen LogP contribution in [0.5, 0.6) is 0 Å². The molecule has 0 radical (unpaired) electrons. The van der Waals surface area contributed by atoms with Crippen molar-refractivity contribution in [2.45, 2.75) is 69.4 Å². The molecule has 2 amide bonds. The molecule has 0 unspecified atom stereocenters. The highest BCUT2D eigenvalue weighted by molar-refractivity contribution is 7.92. The molecule has 3 rings (SSSR count). The van der Waals surface area contributed by atoms with Gasteiger partial charge in [-0.3, -0.25) is 9.59 Å². The third-order valence-corrected chi connectivity index (χ3v) is 8.23. The SMILES string of the molecule is CC(C)(C)C(=O)N1CCC(C(=O)Nc2cccc(S(=O)(=O)C3CCCC3)c2)CC1. The Morgan fingerprint density at radius 3 is 2.24 bits per heavy atom. The lowest BCUT2D eigenvalue weighted by Gasteiger charge is -2.35. The molecule has 1 N–H and O–H groups in total. The maximum absolute atomic E-state index is 12.8. The maximum atomic E-state index is 12.8. The van der Waals surface area contributed by atoms with Crippen molar-refractivity contribution in [1.82, 2.24) is 4.90 Å². The third kappa shape index (κ3) is 5.00. The Balaban J connectivity index is 1.61. The average molecular weight is 421 g/mol. The zero-order valence-electron chi connectivity index (χ0n) is 17.6. The predicted molar refractivity (Wildman–Crippen MR) is 113 cm³/mol. The van der Waals surface area contributed by atoms with Crippen molar-refractivity contribution in [2.24, 2.45) is 11.3 Å². The van der Waals surface area contributed by atoms with Gasteiger partial charge in [0.2, 0.25) is 11.8 Å². The Bertz CT molecular complexity index is 859. The summed E-state index contributed by atoms with van der Waals surface area (Å²) in [6, 6.07) is 6.59. The predicted octanol–water partition coefficient (Wildman–Crippen LogP) is 3.63. The van der Waals surface area contributed by atoms with Gasteiger partial charge < -0.3 is 10.2 Å². The summed E-state index contributed by atoms with van der Waals surface area (Å²) < 4.78 is 25.6. The van der Waals surface area contributed by atoms with Crippen LogP contribution in [0, 0.1) is 11.3 Å². The zero-order valence-corrected chi connectivity index (χ0v) is 18.4. The van der Waals surface area contributed by atoms with Crippen LogP contribution < -0.4 is 5.32 Å². The van der Waals surface area contributed by atoms with Gasteiger partial charge in [0, 0.05) is 30.1 Å². The molecule has 1 aromatic rings. The van der Waals surface area contributed by atoms with Crippen LogP contribution in [0.15, 0.2) is 29.2 Å². The first kappa shape index (κ1) is 21.8. The average Bonchev–Trinajstić information content (AvgIpc) is 3.23. The number of piperidine rings is 1. The van der Waals surface area contributed by atoms with Crippen molar-refractivity contribution in [3.05, 3.63) is 24.3 Å². The van der Waals surface area contributed by atoms with Gasteiger partial charge in [-0.05, 0) is 43.9 Å². The second-order valence-electron chi connectivity index (χ2n) is 9.29. The van der Waals surface area contributed by atoms with Crippen molar-refractivity contribution in [2.75, 3.05) is 18.4 Å². The van der Waals surface area contributed by atoms with Crippen LogP contribution in [0.4, 0.5) is 5.69 Å². The number of amides is 2. The molecule has 1 saturated carbocycles. The molecule has 0 spiro atoms. The summed E-state index contributed by atoms with van der Waals surface area (Å²) in [4.78, 5) is 27.2. The summed E-state index contributed by atoms with van der Waals surface area (Å²) in [5.41, 5.74) is 0.0997. The van der Waals surface area contributed by atoms with Gasteiger partial charge >= 0.3 is 0 Å². The van der Waals surface area contributed by atoms with E-state index in [0.29, 0.717) is 44.5 Å². The number of rotatable bonds is 4. The van der Waals surface area contributed by atoms with E-state index in [1.54, 1.807) is 24.3 Å². The maximum Gasteiger partial charge on any atom is 0.227 e. The molecule has 1 heterocycles. The Morgan fingerprint density at radius 2 is 1.66 bits per heavy atom. The first-order valence-electron chi connectivity index (χ1n) is 10.5. The Kier molecular flexibility index (Phi) is 6.36. The van der Waals surface area contributed by atoms with Gasteiger partial charge in [0.15, 0.2) is 9.84 Å². The summed E-state index contributed by atoms with van der Waals surface area (Å²) in [5.74, 6) is -0.168. The Labute approximate surface area is 174 Å². The molecule has 0 atom stereocenters. The van der Waals surface area contributed by atoms with E-state index in [1.807, 2.05) is 25.7 Å². The lowest BCUT2D eigenvalue weighted by molar-refractivity contribution is -0.142. The van der Waals surface area contributed by atoms with Crippen LogP contribution in [-0.2, 0) is 19.4 Å². The lowest BCUT2D eigenvalue weighted by Crippen LogP contribution is -2.45. The zero-order chi connectivity index (χ0) is 21.2. The van der Waals surface area contributed by atoms with E-state index in [4.69, 9.17) is 0 Å². The number of carbonyl (C=O) groups is 2. The minimum absolute atomic E-state index is 0.108. The summed E-state index contributed by atoms with van der Waals surface area (Å²) in [6.07, 6.45) is 4.57. The summed E-state index contributed by atoms with van der Waals surface area (Å²) in [6.45, 7) is 6.86. The van der Waals surface area contributed by atoms with Crippen LogP contribution in [0.1, 0.15) is 59.3 Å². The number of likely N-dealkylation sites (tertiary alicyclic amines) is 1. The molecule has 1 aromatic carbocycles. The standard InChI is InChI=1S/C22H32N2O4S/c1-22(2,3)21(26)24-13-11-16(12-14-24)20(25)23-17-7-6-10-19(15-17)29(27,28)18-8-4-5-9-18/h6-7,10,15-16,18H,4-5,8-9,11-14H2,1-3H3,(H,23,25). The molecule has 0 aromatic heterocycles. The summed E-state index contributed by atoms with van der Waals surface area (Å²) >= 11 is 0. The molecule has 29 heavy (non-hydrogen) atoms. The second kappa shape index (κ2) is 8.46. The van der Waals surface area contributed by atoms with Crippen molar-refractivity contribution in [3.63, 3.8) is 0 Å². The van der Waals surface area contributed by atoms with Gasteiger partial charge in [-0.1, -0.05) is 39.7 Å². The van der Waals surface area contributed by atoms with Gasteiger partial charge in [0.25, 0.3) is 0 Å². The van der Waals surface area contributed by atoms with Gasteiger partial charge in [-0.15, -0.1) is 0 Å². The Morgan fingerprint density at radius 1 is 1.03 bits per heavy atom. The van der Waals surface area contributed by atoms with Gasteiger partial charge in [0.05, 0.1) is 10.1 Å². The van der Waals surface area contributed by atoms with E-state index >= 15 is 0 Å². The number of carbonyl (C=O) groups excluding carboxylic acids is 2. The first-order chi connectivity index (χ1) is 13.6. The van der Waals surface area contributed by atoms with E-state index in [2.05, 4.69) is 5.32 Å². The molecule has 6 nitrogen and oxygen atoms in total. The monoisotopic (exact) mass is 420 g/mol. The van der Waals surface area contributed by atoms with E-state index in [9.17, 15) is 18.0 Å². The van der Waals surface area contributed by atoms with Crippen molar-refractivity contribution in [3.8, 4) is 0 Å². The summed E-state index contributed by atoms with van der Waals surface area (Å²) in [7, 11) is -3.35. The van der Waals surface area contributed by atoms with Crippen molar-refractivity contribution >= 4 is 27.3 Å².